The molecule has 2 aliphatic rings. The van der Waals surface area contributed by atoms with Crippen molar-refractivity contribution in [3.8, 4) is 0 Å². The fourth-order valence-electron chi connectivity index (χ4n) is 4.13. The number of hydrogen-bond acceptors (Lipinski definition) is 5. The summed E-state index contributed by atoms with van der Waals surface area (Å²) >= 11 is 0. The van der Waals surface area contributed by atoms with E-state index in [4.69, 9.17) is 0 Å². The first kappa shape index (κ1) is 21.4. The van der Waals surface area contributed by atoms with Crippen molar-refractivity contribution < 1.29 is 18.0 Å². The van der Waals surface area contributed by atoms with Crippen molar-refractivity contribution in [2.75, 3.05) is 24.5 Å². The minimum absolute atomic E-state index is 0.0523. The van der Waals surface area contributed by atoms with Gasteiger partial charge < -0.3 is 10.2 Å². The van der Waals surface area contributed by atoms with Gasteiger partial charge in [-0.05, 0) is 55.5 Å². The highest BCUT2D eigenvalue weighted by atomic mass is 32.2. The lowest BCUT2D eigenvalue weighted by Gasteiger charge is -2.32. The Hall–Kier alpha value is -2.87. The molecule has 1 fully saturated rings. The largest absolute Gasteiger partial charge is 0.372 e. The van der Waals surface area contributed by atoms with E-state index in [0.717, 1.165) is 24.6 Å². The first-order valence-electron chi connectivity index (χ1n) is 10.6. The Morgan fingerprint density at radius 1 is 1.10 bits per heavy atom. The predicted molar refractivity (Wildman–Crippen MR) is 118 cm³/mol. The summed E-state index contributed by atoms with van der Waals surface area (Å²) in [5.74, 6) is -0.421. The van der Waals surface area contributed by atoms with Crippen LogP contribution in [0.15, 0.2) is 53.4 Å². The van der Waals surface area contributed by atoms with Crippen molar-refractivity contribution in [3.63, 3.8) is 0 Å². The van der Waals surface area contributed by atoms with Gasteiger partial charge in [-0.1, -0.05) is 31.2 Å². The number of carbonyl (C=O) groups excluding carboxylic acids is 2. The molecule has 0 unspecified atom stereocenters. The van der Waals surface area contributed by atoms with Crippen molar-refractivity contribution in [1.29, 1.82) is 0 Å². The second kappa shape index (κ2) is 8.34. The number of anilines is 1. The molecule has 164 valence electrons. The molecule has 2 amide bonds. The Labute approximate surface area is 183 Å². The van der Waals surface area contributed by atoms with Crippen LogP contribution in [0.2, 0.25) is 0 Å². The molecule has 0 radical (unpaired) electrons. The standard InChI is InChI=1S/C23H27N3O4S/c1-16-11-13-25(14-12-16)19-9-7-18(8-10-19)17(2)24-22(27)15-26-23(28)20-5-3-4-6-21(20)31(26,29)30/h3-10,16-17H,11-15H2,1-2H3,(H,24,27)/t17-/m0/s1. The van der Waals surface area contributed by atoms with Crippen LogP contribution in [0.3, 0.4) is 0 Å². The summed E-state index contributed by atoms with van der Waals surface area (Å²) in [6, 6.07) is 13.8. The highest BCUT2D eigenvalue weighted by Gasteiger charge is 2.41. The lowest BCUT2D eigenvalue weighted by atomic mass is 9.98. The molecule has 1 atom stereocenters. The van der Waals surface area contributed by atoms with Crippen molar-refractivity contribution in [1.82, 2.24) is 9.62 Å². The molecule has 0 aromatic heterocycles. The summed E-state index contributed by atoms with van der Waals surface area (Å²) < 4.78 is 25.9. The number of piperidine rings is 1. The molecule has 7 nitrogen and oxygen atoms in total. The number of nitrogens with zero attached hydrogens (tertiary/aromatic N) is 2. The fraction of sp³-hybridized carbons (Fsp3) is 0.391. The van der Waals surface area contributed by atoms with E-state index in [1.54, 1.807) is 12.1 Å². The molecule has 0 bridgehead atoms. The molecular formula is C23H27N3O4S. The zero-order valence-corrected chi connectivity index (χ0v) is 18.6. The van der Waals surface area contributed by atoms with Crippen molar-refractivity contribution in [2.24, 2.45) is 5.92 Å². The summed E-state index contributed by atoms with van der Waals surface area (Å²) in [7, 11) is -4.00. The Bertz CT molecular complexity index is 1090. The minimum Gasteiger partial charge on any atom is -0.372 e. The first-order chi connectivity index (χ1) is 14.8. The maximum atomic E-state index is 12.6. The van der Waals surface area contributed by atoms with Gasteiger partial charge in [-0.3, -0.25) is 9.59 Å². The number of benzene rings is 2. The van der Waals surface area contributed by atoms with Crippen LogP contribution in [0.4, 0.5) is 5.69 Å². The van der Waals surface area contributed by atoms with Gasteiger partial charge in [0.15, 0.2) is 0 Å². The fourth-order valence-corrected chi connectivity index (χ4v) is 5.65. The van der Waals surface area contributed by atoms with E-state index >= 15 is 0 Å². The van der Waals surface area contributed by atoms with Crippen molar-refractivity contribution in [2.45, 2.75) is 37.6 Å². The van der Waals surface area contributed by atoms with Gasteiger partial charge in [0.25, 0.3) is 15.9 Å². The summed E-state index contributed by atoms with van der Waals surface area (Å²) in [6.45, 7) is 5.68. The molecule has 0 spiro atoms. The van der Waals surface area contributed by atoms with Gasteiger partial charge in [-0.15, -0.1) is 0 Å². The normalized spacial score (nSPS) is 19.2. The molecule has 1 N–H and O–H groups in total. The zero-order valence-electron chi connectivity index (χ0n) is 17.7. The van der Waals surface area contributed by atoms with Crippen LogP contribution in [0, 0.1) is 5.92 Å². The highest BCUT2D eigenvalue weighted by Crippen LogP contribution is 2.30. The Balaban J connectivity index is 1.38. The minimum atomic E-state index is -4.00. The van der Waals surface area contributed by atoms with Gasteiger partial charge in [0.2, 0.25) is 5.91 Å². The number of carbonyl (C=O) groups is 2. The lowest BCUT2D eigenvalue weighted by molar-refractivity contribution is -0.121. The third-order valence-corrected chi connectivity index (χ3v) is 7.91. The van der Waals surface area contributed by atoms with Crippen LogP contribution in [0.1, 0.15) is 48.7 Å². The monoisotopic (exact) mass is 441 g/mol. The molecule has 2 aromatic carbocycles. The molecule has 0 aliphatic carbocycles. The summed E-state index contributed by atoms with van der Waals surface area (Å²) in [6.07, 6.45) is 2.38. The number of amides is 2. The SMILES string of the molecule is CC1CCN(c2ccc([C@H](C)NC(=O)CN3C(=O)c4ccccc4S3(=O)=O)cc2)CC1. The van der Waals surface area contributed by atoms with Crippen molar-refractivity contribution >= 4 is 27.5 Å². The number of sulfonamides is 1. The van der Waals surface area contributed by atoms with Gasteiger partial charge in [-0.2, -0.15) is 0 Å². The average molecular weight is 442 g/mol. The molecule has 4 rings (SSSR count). The topological polar surface area (TPSA) is 86.8 Å². The van der Waals surface area contributed by atoms with Gasteiger partial charge in [-0.25, -0.2) is 12.7 Å². The number of rotatable bonds is 5. The van der Waals surface area contributed by atoms with Gasteiger partial charge >= 0.3 is 0 Å². The second-order valence-electron chi connectivity index (χ2n) is 8.36. The smallest absolute Gasteiger partial charge is 0.269 e. The van der Waals surface area contributed by atoms with E-state index in [2.05, 4.69) is 29.3 Å². The second-order valence-corrected chi connectivity index (χ2v) is 10.2. The van der Waals surface area contributed by atoms with Crippen LogP contribution in [-0.4, -0.2) is 44.2 Å². The third-order valence-electron chi connectivity index (χ3n) is 6.12. The Kier molecular flexibility index (Phi) is 5.75. The molecule has 8 heteroatoms. The summed E-state index contributed by atoms with van der Waals surface area (Å²) in [4.78, 5) is 27.3. The van der Waals surface area contributed by atoms with Crippen LogP contribution in [0.25, 0.3) is 0 Å². The van der Waals surface area contributed by atoms with Gasteiger partial charge in [0, 0.05) is 18.8 Å². The molecule has 31 heavy (non-hydrogen) atoms. The van der Waals surface area contributed by atoms with E-state index in [1.165, 1.54) is 30.7 Å². The molecule has 0 saturated carbocycles. The predicted octanol–water partition coefficient (Wildman–Crippen LogP) is 2.94. The Morgan fingerprint density at radius 2 is 1.74 bits per heavy atom. The van der Waals surface area contributed by atoms with Crippen LogP contribution < -0.4 is 10.2 Å². The molecule has 2 aliphatic heterocycles. The van der Waals surface area contributed by atoms with E-state index in [0.29, 0.717) is 4.31 Å². The highest BCUT2D eigenvalue weighted by molar-refractivity contribution is 7.90. The van der Waals surface area contributed by atoms with Gasteiger partial charge in [0.05, 0.1) is 11.6 Å². The van der Waals surface area contributed by atoms with E-state index in [1.807, 2.05) is 19.1 Å². The lowest BCUT2D eigenvalue weighted by Crippen LogP contribution is -2.41. The van der Waals surface area contributed by atoms with E-state index < -0.39 is 28.4 Å². The zero-order chi connectivity index (χ0) is 22.2. The maximum Gasteiger partial charge on any atom is 0.269 e. The molecular weight excluding hydrogens is 414 g/mol. The number of nitrogens with one attached hydrogen (secondary N) is 1. The van der Waals surface area contributed by atoms with E-state index in [-0.39, 0.29) is 16.5 Å². The summed E-state index contributed by atoms with van der Waals surface area (Å²) in [5, 5.41) is 2.80. The average Bonchev–Trinajstić information content (AvgIpc) is 2.95. The summed E-state index contributed by atoms with van der Waals surface area (Å²) in [5.41, 5.74) is 2.19. The van der Waals surface area contributed by atoms with E-state index in [9.17, 15) is 18.0 Å². The first-order valence-corrected chi connectivity index (χ1v) is 12.0. The van der Waals surface area contributed by atoms with Crippen LogP contribution in [-0.2, 0) is 14.8 Å². The van der Waals surface area contributed by atoms with Crippen LogP contribution in [0.5, 0.6) is 0 Å². The molecule has 1 saturated heterocycles. The quantitative estimate of drug-likeness (QED) is 0.771. The van der Waals surface area contributed by atoms with Crippen molar-refractivity contribution in [3.05, 3.63) is 59.7 Å². The Morgan fingerprint density at radius 3 is 2.39 bits per heavy atom. The molecule has 2 heterocycles. The number of fused-ring (bicyclic) bond motifs is 1. The van der Waals surface area contributed by atoms with Gasteiger partial charge in [0.1, 0.15) is 11.4 Å². The molecule has 2 aromatic rings. The number of hydrogen-bond donors (Lipinski definition) is 1. The maximum absolute atomic E-state index is 12.6. The third kappa shape index (κ3) is 4.17. The van der Waals surface area contributed by atoms with Crippen LogP contribution >= 0.6 is 0 Å².